The topological polar surface area (TPSA) is 66.5 Å². The van der Waals surface area contributed by atoms with Gasteiger partial charge in [0, 0.05) is 15.4 Å². The minimum atomic E-state index is 0.276. The molecule has 0 aliphatic heterocycles. The van der Waals surface area contributed by atoms with Gasteiger partial charge in [-0.3, -0.25) is 0 Å². The van der Waals surface area contributed by atoms with Gasteiger partial charge in [0.1, 0.15) is 0 Å². The Hall–Kier alpha value is -0.790. The number of halogens is 1. The Kier molecular flexibility index (Phi) is 3.45. The number of aromatic nitrogens is 4. The van der Waals surface area contributed by atoms with Crippen molar-refractivity contribution in [3.8, 4) is 0 Å². The van der Waals surface area contributed by atoms with E-state index in [2.05, 4.69) is 54.2 Å². The van der Waals surface area contributed by atoms with Crippen molar-refractivity contribution < 1.29 is 0 Å². The van der Waals surface area contributed by atoms with Gasteiger partial charge in [-0.15, -0.1) is 21.5 Å². The summed E-state index contributed by atoms with van der Waals surface area (Å²) in [6.45, 7) is 2.72. The molecular formula is C8H10BrN5S. The number of rotatable bonds is 4. The summed E-state index contributed by atoms with van der Waals surface area (Å²) in [4.78, 5) is 1.28. The largest absolute Gasteiger partial charge is 0.302 e. The maximum atomic E-state index is 3.87. The summed E-state index contributed by atoms with van der Waals surface area (Å²) >= 11 is 5.23. The van der Waals surface area contributed by atoms with E-state index in [1.54, 1.807) is 11.3 Å². The molecule has 0 radical (unpaired) electrons. The zero-order valence-electron chi connectivity index (χ0n) is 8.07. The third-order valence-corrected chi connectivity index (χ3v) is 4.05. The molecule has 1 atom stereocenters. The number of hydrogen-bond acceptors (Lipinski definition) is 5. The molecule has 0 saturated carbocycles. The summed E-state index contributed by atoms with van der Waals surface area (Å²) in [6.07, 6.45) is 0. The van der Waals surface area contributed by atoms with E-state index < -0.39 is 0 Å². The zero-order valence-corrected chi connectivity index (χ0v) is 10.5. The summed E-state index contributed by atoms with van der Waals surface area (Å²) in [6, 6.07) is 2.32. The maximum Gasteiger partial charge on any atom is 0.188 e. The standard InChI is InChI=1S/C8H10BrN5S/c1-5(8-6(9)2-3-15-8)10-4-7-11-13-14-12-7/h2-3,5,10H,4H2,1H3,(H,11,12,13,14). The quantitative estimate of drug-likeness (QED) is 0.901. The number of aromatic amines is 1. The van der Waals surface area contributed by atoms with Crippen LogP contribution in [0.2, 0.25) is 0 Å². The Morgan fingerprint density at radius 3 is 3.13 bits per heavy atom. The highest BCUT2D eigenvalue weighted by Crippen LogP contribution is 2.28. The summed E-state index contributed by atoms with van der Waals surface area (Å²) in [5, 5.41) is 19.1. The van der Waals surface area contributed by atoms with E-state index in [4.69, 9.17) is 0 Å². The summed E-state index contributed by atoms with van der Waals surface area (Å²) in [5.41, 5.74) is 0. The molecule has 2 aromatic rings. The molecule has 5 nitrogen and oxygen atoms in total. The molecule has 2 N–H and O–H groups in total. The zero-order chi connectivity index (χ0) is 10.7. The fraction of sp³-hybridized carbons (Fsp3) is 0.375. The molecular weight excluding hydrogens is 278 g/mol. The van der Waals surface area contributed by atoms with Gasteiger partial charge in [-0.05, 0) is 34.3 Å². The van der Waals surface area contributed by atoms with Gasteiger partial charge in [0.15, 0.2) is 5.82 Å². The minimum Gasteiger partial charge on any atom is -0.302 e. The average Bonchev–Trinajstić information content (AvgIpc) is 2.84. The number of nitrogens with one attached hydrogen (secondary N) is 2. The molecule has 0 aromatic carbocycles. The van der Waals surface area contributed by atoms with Crippen LogP contribution in [0.3, 0.4) is 0 Å². The lowest BCUT2D eigenvalue weighted by molar-refractivity contribution is 0.565. The summed E-state index contributed by atoms with van der Waals surface area (Å²) in [7, 11) is 0. The molecule has 0 saturated heterocycles. The van der Waals surface area contributed by atoms with Gasteiger partial charge >= 0.3 is 0 Å². The van der Waals surface area contributed by atoms with E-state index in [9.17, 15) is 0 Å². The van der Waals surface area contributed by atoms with Crippen LogP contribution >= 0.6 is 27.3 Å². The van der Waals surface area contributed by atoms with E-state index in [-0.39, 0.29) is 6.04 Å². The molecule has 80 valence electrons. The molecule has 15 heavy (non-hydrogen) atoms. The van der Waals surface area contributed by atoms with E-state index >= 15 is 0 Å². The van der Waals surface area contributed by atoms with Crippen molar-refractivity contribution in [2.24, 2.45) is 0 Å². The van der Waals surface area contributed by atoms with Gasteiger partial charge in [0.05, 0.1) is 6.54 Å². The highest BCUT2D eigenvalue weighted by molar-refractivity contribution is 9.10. The van der Waals surface area contributed by atoms with Crippen LogP contribution in [-0.2, 0) is 6.54 Å². The smallest absolute Gasteiger partial charge is 0.188 e. The third-order valence-electron chi connectivity index (χ3n) is 1.99. The third kappa shape index (κ3) is 2.61. The SMILES string of the molecule is CC(NCc1nn[nH]n1)c1sccc1Br. The number of nitrogens with zero attached hydrogens (tertiary/aromatic N) is 3. The number of thiophene rings is 1. The number of tetrazole rings is 1. The molecule has 2 heterocycles. The second-order valence-corrected chi connectivity index (χ2v) is 4.87. The molecule has 2 rings (SSSR count). The average molecular weight is 288 g/mol. The monoisotopic (exact) mass is 287 g/mol. The van der Waals surface area contributed by atoms with Crippen LogP contribution < -0.4 is 5.32 Å². The molecule has 7 heteroatoms. The van der Waals surface area contributed by atoms with Crippen molar-refractivity contribution in [2.75, 3.05) is 0 Å². The van der Waals surface area contributed by atoms with E-state index in [0.29, 0.717) is 12.4 Å². The molecule has 2 aromatic heterocycles. The van der Waals surface area contributed by atoms with Crippen molar-refractivity contribution in [1.29, 1.82) is 0 Å². The highest BCUT2D eigenvalue weighted by atomic mass is 79.9. The van der Waals surface area contributed by atoms with Gasteiger partial charge < -0.3 is 5.32 Å². The first-order valence-corrected chi connectivity index (χ1v) is 6.13. The first-order chi connectivity index (χ1) is 7.27. The number of H-pyrrole nitrogens is 1. The van der Waals surface area contributed by atoms with Crippen LogP contribution in [0, 0.1) is 0 Å². The van der Waals surface area contributed by atoms with Gasteiger partial charge in [0.2, 0.25) is 0 Å². The van der Waals surface area contributed by atoms with Crippen molar-refractivity contribution in [1.82, 2.24) is 25.9 Å². The normalized spacial score (nSPS) is 12.9. The molecule has 0 spiro atoms. The van der Waals surface area contributed by atoms with Crippen molar-refractivity contribution in [2.45, 2.75) is 19.5 Å². The van der Waals surface area contributed by atoms with Gasteiger partial charge in [0.25, 0.3) is 0 Å². The Labute approximate surface area is 99.4 Å². The predicted molar refractivity (Wildman–Crippen MR) is 61.5 cm³/mol. The van der Waals surface area contributed by atoms with Crippen molar-refractivity contribution in [3.05, 3.63) is 26.6 Å². The van der Waals surface area contributed by atoms with Crippen LogP contribution in [0.1, 0.15) is 23.7 Å². The fourth-order valence-electron chi connectivity index (χ4n) is 1.21. The van der Waals surface area contributed by atoms with Gasteiger partial charge in [-0.2, -0.15) is 5.21 Å². The lowest BCUT2D eigenvalue weighted by atomic mass is 10.3. The Morgan fingerprint density at radius 1 is 1.67 bits per heavy atom. The second kappa shape index (κ2) is 4.82. The van der Waals surface area contributed by atoms with Crippen molar-refractivity contribution in [3.63, 3.8) is 0 Å². The predicted octanol–water partition coefficient (Wildman–Crippen LogP) is 1.87. The lowest BCUT2D eigenvalue weighted by Crippen LogP contribution is -2.18. The van der Waals surface area contributed by atoms with Crippen LogP contribution in [-0.4, -0.2) is 20.6 Å². The molecule has 0 fully saturated rings. The van der Waals surface area contributed by atoms with E-state index in [1.165, 1.54) is 4.88 Å². The molecule has 0 aliphatic carbocycles. The Balaban J connectivity index is 1.93. The van der Waals surface area contributed by atoms with Gasteiger partial charge in [-0.1, -0.05) is 5.21 Å². The Morgan fingerprint density at radius 2 is 2.53 bits per heavy atom. The Bertz CT molecular complexity index is 412. The van der Waals surface area contributed by atoms with E-state index in [0.717, 1.165) is 4.47 Å². The molecule has 0 amide bonds. The number of hydrogen-bond donors (Lipinski definition) is 2. The van der Waals surface area contributed by atoms with Gasteiger partial charge in [-0.25, -0.2) is 0 Å². The second-order valence-electron chi connectivity index (χ2n) is 3.06. The maximum absolute atomic E-state index is 3.87. The van der Waals surface area contributed by atoms with Crippen LogP contribution in [0.25, 0.3) is 0 Å². The summed E-state index contributed by atoms with van der Waals surface area (Å²) in [5.74, 6) is 0.675. The molecule has 1 unspecified atom stereocenters. The van der Waals surface area contributed by atoms with E-state index in [1.807, 2.05) is 6.07 Å². The first kappa shape index (κ1) is 10.7. The van der Waals surface area contributed by atoms with Crippen LogP contribution in [0.15, 0.2) is 15.9 Å². The molecule has 0 aliphatic rings. The highest BCUT2D eigenvalue weighted by Gasteiger charge is 2.10. The first-order valence-electron chi connectivity index (χ1n) is 4.46. The molecule has 0 bridgehead atoms. The lowest BCUT2D eigenvalue weighted by Gasteiger charge is -2.10. The minimum absolute atomic E-state index is 0.276. The fourth-order valence-corrected chi connectivity index (χ4v) is 2.96. The van der Waals surface area contributed by atoms with Crippen LogP contribution in [0.5, 0.6) is 0 Å². The van der Waals surface area contributed by atoms with Crippen LogP contribution in [0.4, 0.5) is 0 Å². The summed E-state index contributed by atoms with van der Waals surface area (Å²) < 4.78 is 1.14. The van der Waals surface area contributed by atoms with Crippen molar-refractivity contribution >= 4 is 27.3 Å².